The van der Waals surface area contributed by atoms with Gasteiger partial charge in [0.2, 0.25) is 0 Å². The first-order valence-electron chi connectivity index (χ1n) is 6.29. The standard InChI is InChI=1S/C15H14Cl3NO2/c16-11-7-13(17)15(14(18)8-11)21-6-5-20-12-3-1-10(9-19)2-4-12/h1-4,7-8H,5-6,9,19H2. The monoisotopic (exact) mass is 345 g/mol. The van der Waals surface area contributed by atoms with Crippen LogP contribution in [0.3, 0.4) is 0 Å². The van der Waals surface area contributed by atoms with Crippen molar-refractivity contribution in [2.45, 2.75) is 6.54 Å². The van der Waals surface area contributed by atoms with Crippen molar-refractivity contribution in [1.29, 1.82) is 0 Å². The van der Waals surface area contributed by atoms with Gasteiger partial charge in [0, 0.05) is 11.6 Å². The maximum Gasteiger partial charge on any atom is 0.156 e. The molecule has 2 aromatic carbocycles. The molecule has 0 atom stereocenters. The van der Waals surface area contributed by atoms with Crippen molar-refractivity contribution in [3.05, 3.63) is 57.0 Å². The smallest absolute Gasteiger partial charge is 0.156 e. The Bertz CT molecular complexity index is 579. The summed E-state index contributed by atoms with van der Waals surface area (Å²) >= 11 is 17.9. The molecule has 0 bridgehead atoms. The summed E-state index contributed by atoms with van der Waals surface area (Å²) in [6.07, 6.45) is 0. The Balaban J connectivity index is 1.84. The maximum atomic E-state index is 6.02. The molecule has 0 amide bonds. The Hall–Kier alpha value is -1.13. The molecule has 0 radical (unpaired) electrons. The molecular formula is C15H14Cl3NO2. The molecule has 3 nitrogen and oxygen atoms in total. The average molecular weight is 347 g/mol. The van der Waals surface area contributed by atoms with Crippen molar-refractivity contribution in [3.8, 4) is 11.5 Å². The van der Waals surface area contributed by atoms with Crippen molar-refractivity contribution in [2.24, 2.45) is 5.73 Å². The van der Waals surface area contributed by atoms with E-state index in [1.807, 2.05) is 24.3 Å². The summed E-state index contributed by atoms with van der Waals surface area (Å²) in [6.45, 7) is 1.20. The largest absolute Gasteiger partial charge is 0.490 e. The number of rotatable bonds is 6. The third-order valence-electron chi connectivity index (χ3n) is 2.72. The van der Waals surface area contributed by atoms with E-state index in [2.05, 4.69) is 0 Å². The van der Waals surface area contributed by atoms with Crippen LogP contribution in [0, 0.1) is 0 Å². The zero-order valence-electron chi connectivity index (χ0n) is 11.1. The van der Waals surface area contributed by atoms with Crippen LogP contribution in [0.15, 0.2) is 36.4 Å². The van der Waals surface area contributed by atoms with Crippen LogP contribution in [-0.4, -0.2) is 13.2 Å². The molecule has 2 N–H and O–H groups in total. The Labute approximate surface area is 138 Å². The number of ether oxygens (including phenoxy) is 2. The van der Waals surface area contributed by atoms with Crippen LogP contribution in [0.25, 0.3) is 0 Å². The van der Waals surface area contributed by atoms with E-state index >= 15 is 0 Å². The third-order valence-corrected chi connectivity index (χ3v) is 3.50. The fourth-order valence-electron chi connectivity index (χ4n) is 1.69. The van der Waals surface area contributed by atoms with Gasteiger partial charge in [-0.3, -0.25) is 0 Å². The second-order valence-corrected chi connectivity index (χ2v) is 5.49. The maximum absolute atomic E-state index is 6.02. The van der Waals surface area contributed by atoms with E-state index in [1.165, 1.54) is 0 Å². The summed E-state index contributed by atoms with van der Waals surface area (Å²) < 4.78 is 11.1. The van der Waals surface area contributed by atoms with E-state index < -0.39 is 0 Å². The SMILES string of the molecule is NCc1ccc(OCCOc2c(Cl)cc(Cl)cc2Cl)cc1. The predicted molar refractivity (Wildman–Crippen MR) is 86.8 cm³/mol. The van der Waals surface area contributed by atoms with Gasteiger partial charge >= 0.3 is 0 Å². The highest BCUT2D eigenvalue weighted by Crippen LogP contribution is 2.35. The molecule has 0 saturated carbocycles. The fourth-order valence-corrected chi connectivity index (χ4v) is 2.62. The van der Waals surface area contributed by atoms with Gasteiger partial charge in [0.05, 0.1) is 10.0 Å². The summed E-state index contributed by atoms with van der Waals surface area (Å²) in [7, 11) is 0. The van der Waals surface area contributed by atoms with Gasteiger partial charge in [-0.15, -0.1) is 0 Å². The predicted octanol–water partition coefficient (Wildman–Crippen LogP) is 4.56. The summed E-state index contributed by atoms with van der Waals surface area (Å²) in [5, 5.41) is 1.22. The fraction of sp³-hybridized carbons (Fsp3) is 0.200. The molecule has 2 rings (SSSR count). The zero-order chi connectivity index (χ0) is 15.2. The van der Waals surface area contributed by atoms with Crippen molar-refractivity contribution in [1.82, 2.24) is 0 Å². The molecule has 0 spiro atoms. The summed E-state index contributed by atoms with van der Waals surface area (Å²) in [4.78, 5) is 0. The van der Waals surface area contributed by atoms with Gasteiger partial charge in [-0.25, -0.2) is 0 Å². The van der Waals surface area contributed by atoms with E-state index in [0.29, 0.717) is 40.6 Å². The number of hydrogen-bond donors (Lipinski definition) is 1. The second-order valence-electron chi connectivity index (χ2n) is 4.24. The molecule has 21 heavy (non-hydrogen) atoms. The average Bonchev–Trinajstić information content (AvgIpc) is 2.46. The highest BCUT2D eigenvalue weighted by molar-refractivity contribution is 6.40. The van der Waals surface area contributed by atoms with Gasteiger partial charge in [-0.2, -0.15) is 0 Å². The van der Waals surface area contributed by atoms with Crippen LogP contribution < -0.4 is 15.2 Å². The first-order chi connectivity index (χ1) is 10.1. The zero-order valence-corrected chi connectivity index (χ0v) is 13.4. The lowest BCUT2D eigenvalue weighted by atomic mass is 10.2. The molecule has 0 saturated heterocycles. The van der Waals surface area contributed by atoms with Crippen LogP contribution in [0.5, 0.6) is 11.5 Å². The Morgan fingerprint density at radius 1 is 0.857 bits per heavy atom. The van der Waals surface area contributed by atoms with E-state index in [9.17, 15) is 0 Å². The molecule has 0 aromatic heterocycles. The van der Waals surface area contributed by atoms with Gasteiger partial charge in [-0.05, 0) is 29.8 Å². The first-order valence-corrected chi connectivity index (χ1v) is 7.42. The summed E-state index contributed by atoms with van der Waals surface area (Å²) in [6, 6.07) is 10.7. The topological polar surface area (TPSA) is 44.5 Å². The van der Waals surface area contributed by atoms with Crippen LogP contribution in [0.4, 0.5) is 0 Å². The van der Waals surface area contributed by atoms with Gasteiger partial charge < -0.3 is 15.2 Å². The van der Waals surface area contributed by atoms with Gasteiger partial charge in [0.1, 0.15) is 19.0 Å². The van der Waals surface area contributed by atoms with E-state index in [4.69, 9.17) is 50.0 Å². The lowest BCUT2D eigenvalue weighted by Gasteiger charge is -2.11. The molecule has 112 valence electrons. The summed E-state index contributed by atoms with van der Waals surface area (Å²) in [5.41, 5.74) is 6.58. The van der Waals surface area contributed by atoms with Gasteiger partial charge in [0.15, 0.2) is 5.75 Å². The van der Waals surface area contributed by atoms with Crippen LogP contribution in [-0.2, 0) is 6.54 Å². The Morgan fingerprint density at radius 2 is 1.43 bits per heavy atom. The second kappa shape index (κ2) is 7.76. The van der Waals surface area contributed by atoms with Crippen molar-refractivity contribution in [3.63, 3.8) is 0 Å². The molecule has 0 aliphatic rings. The minimum atomic E-state index is 0.319. The Morgan fingerprint density at radius 3 is 2.00 bits per heavy atom. The van der Waals surface area contributed by atoms with Crippen molar-refractivity contribution in [2.75, 3.05) is 13.2 Å². The van der Waals surface area contributed by atoms with E-state index in [-0.39, 0.29) is 0 Å². The van der Waals surface area contributed by atoms with Gasteiger partial charge in [0.25, 0.3) is 0 Å². The number of halogens is 3. The van der Waals surface area contributed by atoms with E-state index in [1.54, 1.807) is 12.1 Å². The molecule has 0 fully saturated rings. The minimum absolute atomic E-state index is 0.319. The minimum Gasteiger partial charge on any atom is -0.490 e. The highest BCUT2D eigenvalue weighted by Gasteiger charge is 2.09. The van der Waals surface area contributed by atoms with E-state index in [0.717, 1.165) is 11.3 Å². The molecule has 6 heteroatoms. The number of nitrogens with two attached hydrogens (primary N) is 1. The van der Waals surface area contributed by atoms with Crippen molar-refractivity contribution >= 4 is 34.8 Å². The normalized spacial score (nSPS) is 10.5. The third kappa shape index (κ3) is 4.68. The van der Waals surface area contributed by atoms with Crippen LogP contribution in [0.1, 0.15) is 5.56 Å². The lowest BCUT2D eigenvalue weighted by molar-refractivity contribution is 0.217. The summed E-state index contributed by atoms with van der Waals surface area (Å²) in [5.74, 6) is 1.16. The quantitative estimate of drug-likeness (QED) is 0.780. The van der Waals surface area contributed by atoms with Crippen molar-refractivity contribution < 1.29 is 9.47 Å². The highest BCUT2D eigenvalue weighted by atomic mass is 35.5. The molecule has 0 heterocycles. The number of hydrogen-bond acceptors (Lipinski definition) is 3. The molecule has 2 aromatic rings. The van der Waals surface area contributed by atoms with Crippen LogP contribution >= 0.6 is 34.8 Å². The lowest BCUT2D eigenvalue weighted by Crippen LogP contribution is -2.09. The Kier molecular flexibility index (Phi) is 6.00. The molecule has 0 aliphatic carbocycles. The molecular weight excluding hydrogens is 333 g/mol. The molecule has 0 aliphatic heterocycles. The number of benzene rings is 2. The molecule has 0 unspecified atom stereocenters. The van der Waals surface area contributed by atoms with Gasteiger partial charge in [-0.1, -0.05) is 46.9 Å². The first kappa shape index (κ1) is 16.2. The van der Waals surface area contributed by atoms with Crippen LogP contribution in [0.2, 0.25) is 15.1 Å².